The monoisotopic (exact) mass is 341 g/mol. The quantitative estimate of drug-likeness (QED) is 0.619. The van der Waals surface area contributed by atoms with E-state index in [1.807, 2.05) is 0 Å². The van der Waals surface area contributed by atoms with Gasteiger partial charge in [-0.3, -0.25) is 4.98 Å². The molecule has 1 aromatic heterocycles. The molecule has 4 rings (SSSR count). The molecule has 0 saturated heterocycles. The molecule has 0 radical (unpaired) electrons. The average Bonchev–Trinajstić information content (AvgIpc) is 2.87. The summed E-state index contributed by atoms with van der Waals surface area (Å²) < 4.78 is 24.4. The number of fused-ring (bicyclic) bond motifs is 3. The molecule has 122 valence electrons. The molecule has 7 heteroatoms. The Morgan fingerprint density at radius 1 is 1.17 bits per heavy atom. The van der Waals surface area contributed by atoms with E-state index in [1.54, 1.807) is 36.4 Å². The fourth-order valence-electron chi connectivity index (χ4n) is 3.09. The second kappa shape index (κ2) is 5.10. The van der Waals surface area contributed by atoms with E-state index in [-0.39, 0.29) is 11.5 Å². The van der Waals surface area contributed by atoms with E-state index in [2.05, 4.69) is 10.3 Å². The summed E-state index contributed by atoms with van der Waals surface area (Å²) in [6.45, 7) is 0. The Balaban J connectivity index is 2.00. The molecule has 4 N–H and O–H groups in total. The van der Waals surface area contributed by atoms with Gasteiger partial charge in [-0.15, -0.1) is 0 Å². The van der Waals surface area contributed by atoms with E-state index >= 15 is 0 Å². The maximum Gasteiger partial charge on any atom is 0.179 e. The average molecular weight is 341 g/mol. The molecule has 0 spiro atoms. The van der Waals surface area contributed by atoms with Crippen LogP contribution in [0.3, 0.4) is 0 Å². The lowest BCUT2D eigenvalue weighted by molar-refractivity contribution is 0.478. The zero-order chi connectivity index (χ0) is 16.9. The number of hydrogen-bond acceptors (Lipinski definition) is 6. The van der Waals surface area contributed by atoms with Crippen molar-refractivity contribution < 1.29 is 13.5 Å². The molecule has 0 atom stereocenters. The normalized spacial score (nSPS) is 15.3. The lowest BCUT2D eigenvalue weighted by atomic mass is 10.0. The van der Waals surface area contributed by atoms with Gasteiger partial charge in [-0.25, -0.2) is 8.42 Å². The molecule has 0 amide bonds. The zero-order valence-electron chi connectivity index (χ0n) is 12.7. The summed E-state index contributed by atoms with van der Waals surface area (Å²) in [4.78, 5) is 4.64. The lowest BCUT2D eigenvalue weighted by Crippen LogP contribution is -2.01. The van der Waals surface area contributed by atoms with E-state index in [4.69, 9.17) is 5.73 Å². The predicted octanol–water partition coefficient (Wildman–Crippen LogP) is 2.60. The van der Waals surface area contributed by atoms with Crippen LogP contribution in [-0.4, -0.2) is 24.3 Å². The highest BCUT2D eigenvalue weighted by Gasteiger charge is 2.29. The smallest absolute Gasteiger partial charge is 0.179 e. The number of nitrogens with two attached hydrogens (primary N) is 1. The zero-order valence-corrected chi connectivity index (χ0v) is 13.5. The van der Waals surface area contributed by atoms with Crippen LogP contribution in [0.1, 0.15) is 5.56 Å². The molecule has 1 aliphatic heterocycles. The summed E-state index contributed by atoms with van der Waals surface area (Å²) in [6.07, 6.45) is 1.95. The number of aromatic hydroxyl groups is 1. The highest BCUT2D eigenvalue weighted by molar-refractivity contribution is 7.91. The Kier molecular flexibility index (Phi) is 3.14. The standard InChI is InChI=1S/C17H15N3O3S/c18-11-9-19-13-5-6-15-10(7-8-24(15,22)23)16(13)17(11)20-12-3-1-2-4-14(12)21/h1-6,9,21H,7-8,18H2,(H,19,20). The van der Waals surface area contributed by atoms with Crippen molar-refractivity contribution in [2.24, 2.45) is 0 Å². The molecular weight excluding hydrogens is 326 g/mol. The van der Waals surface area contributed by atoms with Gasteiger partial charge in [0.15, 0.2) is 9.84 Å². The summed E-state index contributed by atoms with van der Waals surface area (Å²) in [5.74, 6) is 0.175. The van der Waals surface area contributed by atoms with Gasteiger partial charge < -0.3 is 16.2 Å². The number of nitrogens with one attached hydrogen (secondary N) is 1. The molecule has 0 saturated carbocycles. The number of rotatable bonds is 2. The summed E-state index contributed by atoms with van der Waals surface area (Å²) in [5, 5.41) is 13.8. The van der Waals surface area contributed by atoms with E-state index in [9.17, 15) is 13.5 Å². The third-order valence-corrected chi connectivity index (χ3v) is 6.04. The topological polar surface area (TPSA) is 105 Å². The molecule has 0 fully saturated rings. The first kappa shape index (κ1) is 14.8. The van der Waals surface area contributed by atoms with Gasteiger partial charge in [0.05, 0.1) is 39.4 Å². The Hall–Kier alpha value is -2.80. The van der Waals surface area contributed by atoms with Crippen molar-refractivity contribution in [1.82, 2.24) is 4.98 Å². The Bertz CT molecular complexity index is 1080. The molecule has 6 nitrogen and oxygen atoms in total. The Morgan fingerprint density at radius 3 is 2.75 bits per heavy atom. The van der Waals surface area contributed by atoms with Crippen molar-refractivity contribution in [3.8, 4) is 5.75 Å². The Labute approximate surface area is 138 Å². The van der Waals surface area contributed by atoms with Crippen LogP contribution >= 0.6 is 0 Å². The number of nitrogens with zero attached hydrogens (tertiary/aromatic N) is 1. The summed E-state index contributed by atoms with van der Waals surface area (Å²) in [5.41, 5.74) is 8.93. The second-order valence-electron chi connectivity index (χ2n) is 5.74. The molecule has 2 heterocycles. The molecule has 0 bridgehead atoms. The van der Waals surface area contributed by atoms with Gasteiger partial charge in [-0.05, 0) is 36.2 Å². The lowest BCUT2D eigenvalue weighted by Gasteiger charge is -2.15. The number of sulfone groups is 1. The number of phenolic OH excluding ortho intramolecular Hbond substituents is 1. The number of benzene rings is 2. The van der Waals surface area contributed by atoms with Crippen LogP contribution in [0.25, 0.3) is 10.9 Å². The van der Waals surface area contributed by atoms with Crippen molar-refractivity contribution in [2.75, 3.05) is 16.8 Å². The number of nitrogen functional groups attached to an aromatic ring is 1. The van der Waals surface area contributed by atoms with E-state index < -0.39 is 9.84 Å². The van der Waals surface area contributed by atoms with Gasteiger partial charge in [0.25, 0.3) is 0 Å². The molecule has 24 heavy (non-hydrogen) atoms. The number of anilines is 3. The van der Waals surface area contributed by atoms with Crippen LogP contribution in [0, 0.1) is 0 Å². The van der Waals surface area contributed by atoms with Gasteiger partial charge in [-0.2, -0.15) is 0 Å². The van der Waals surface area contributed by atoms with Crippen molar-refractivity contribution in [1.29, 1.82) is 0 Å². The number of phenols is 1. The highest BCUT2D eigenvalue weighted by atomic mass is 32.2. The summed E-state index contributed by atoms with van der Waals surface area (Å²) in [6, 6.07) is 10.1. The highest BCUT2D eigenvalue weighted by Crippen LogP contribution is 2.40. The number of aryl methyl sites for hydroxylation is 1. The number of para-hydroxylation sites is 2. The molecule has 2 aromatic carbocycles. The molecule has 0 aliphatic carbocycles. The number of pyridine rings is 1. The first-order valence-corrected chi connectivity index (χ1v) is 9.10. The maximum atomic E-state index is 12.2. The minimum atomic E-state index is -3.25. The van der Waals surface area contributed by atoms with Crippen molar-refractivity contribution in [2.45, 2.75) is 11.3 Å². The van der Waals surface area contributed by atoms with Gasteiger partial charge in [-0.1, -0.05) is 12.1 Å². The van der Waals surface area contributed by atoms with Gasteiger partial charge >= 0.3 is 0 Å². The third-order valence-electron chi connectivity index (χ3n) is 4.25. The Morgan fingerprint density at radius 2 is 1.96 bits per heavy atom. The molecule has 3 aromatic rings. The first-order valence-electron chi connectivity index (χ1n) is 7.45. The molecular formula is C17H15N3O3S. The van der Waals surface area contributed by atoms with E-state index in [0.29, 0.717) is 39.3 Å². The third kappa shape index (κ3) is 2.16. The maximum absolute atomic E-state index is 12.2. The number of hydrogen-bond donors (Lipinski definition) is 3. The number of aromatic nitrogens is 1. The van der Waals surface area contributed by atoms with Gasteiger partial charge in [0.2, 0.25) is 0 Å². The fraction of sp³-hybridized carbons (Fsp3) is 0.118. The first-order chi connectivity index (χ1) is 11.5. The summed E-state index contributed by atoms with van der Waals surface area (Å²) in [7, 11) is -3.25. The van der Waals surface area contributed by atoms with Crippen LogP contribution in [-0.2, 0) is 16.3 Å². The van der Waals surface area contributed by atoms with Crippen LogP contribution in [0.2, 0.25) is 0 Å². The summed E-state index contributed by atoms with van der Waals surface area (Å²) >= 11 is 0. The van der Waals surface area contributed by atoms with Gasteiger partial charge in [0.1, 0.15) is 5.75 Å². The molecule has 1 aliphatic rings. The van der Waals surface area contributed by atoms with Gasteiger partial charge in [0, 0.05) is 5.39 Å². The van der Waals surface area contributed by atoms with Crippen LogP contribution in [0.15, 0.2) is 47.5 Å². The fourth-order valence-corrected chi connectivity index (χ4v) is 4.63. The largest absolute Gasteiger partial charge is 0.506 e. The SMILES string of the molecule is Nc1cnc2ccc3c(c2c1Nc1ccccc1O)CCS3(=O)=O. The van der Waals surface area contributed by atoms with Crippen LogP contribution < -0.4 is 11.1 Å². The van der Waals surface area contributed by atoms with Crippen molar-refractivity contribution >= 4 is 37.8 Å². The van der Waals surface area contributed by atoms with E-state index in [1.165, 1.54) is 6.20 Å². The molecule has 0 unspecified atom stereocenters. The minimum Gasteiger partial charge on any atom is -0.506 e. The van der Waals surface area contributed by atoms with Crippen LogP contribution in [0.4, 0.5) is 17.1 Å². The van der Waals surface area contributed by atoms with Crippen molar-refractivity contribution in [3.05, 3.63) is 48.2 Å². The van der Waals surface area contributed by atoms with Crippen LogP contribution in [0.5, 0.6) is 5.75 Å². The predicted molar refractivity (Wildman–Crippen MR) is 93.3 cm³/mol. The van der Waals surface area contributed by atoms with E-state index in [0.717, 1.165) is 5.56 Å². The van der Waals surface area contributed by atoms with Crippen molar-refractivity contribution in [3.63, 3.8) is 0 Å². The minimum absolute atomic E-state index is 0.0852. The second-order valence-corrected chi connectivity index (χ2v) is 7.81.